The molecule has 0 aliphatic carbocycles. The van der Waals surface area contributed by atoms with Crippen LogP contribution in [0.3, 0.4) is 0 Å². The normalized spacial score (nSPS) is 10.3. The van der Waals surface area contributed by atoms with Gasteiger partial charge in [0.2, 0.25) is 0 Å². The van der Waals surface area contributed by atoms with E-state index in [-0.39, 0.29) is 17.1 Å². The summed E-state index contributed by atoms with van der Waals surface area (Å²) in [6.45, 7) is 4.50. The lowest BCUT2D eigenvalue weighted by Crippen LogP contribution is -2.07. The lowest BCUT2D eigenvalue weighted by molar-refractivity contribution is 0.0697. The molecule has 0 saturated heterocycles. The number of carbonyl (C=O) groups is 1. The van der Waals surface area contributed by atoms with Gasteiger partial charge in [0.25, 0.3) is 0 Å². The highest BCUT2D eigenvalue weighted by Crippen LogP contribution is 2.21. The molecule has 0 heterocycles. The SMILES string of the molecule is CCCCNc1cc(C(=O)O)cc(CC)c1F. The molecular weight excluding hydrogens is 221 g/mol. The zero-order chi connectivity index (χ0) is 12.8. The van der Waals surface area contributed by atoms with Crippen molar-refractivity contribution in [1.29, 1.82) is 0 Å². The Kier molecular flexibility index (Phi) is 4.94. The smallest absolute Gasteiger partial charge is 0.335 e. The molecule has 0 aliphatic rings. The molecule has 1 rings (SSSR count). The van der Waals surface area contributed by atoms with E-state index >= 15 is 0 Å². The van der Waals surface area contributed by atoms with Crippen LogP contribution in [0.1, 0.15) is 42.6 Å². The molecule has 0 spiro atoms. The Morgan fingerprint density at radius 1 is 1.41 bits per heavy atom. The number of benzene rings is 1. The van der Waals surface area contributed by atoms with E-state index in [1.165, 1.54) is 12.1 Å². The summed E-state index contributed by atoms with van der Waals surface area (Å²) in [5, 5.41) is 11.9. The number of halogens is 1. The second-order valence-corrected chi connectivity index (χ2v) is 3.94. The van der Waals surface area contributed by atoms with Crippen LogP contribution in [0, 0.1) is 5.82 Å². The van der Waals surface area contributed by atoms with Crippen LogP contribution in [-0.4, -0.2) is 17.6 Å². The summed E-state index contributed by atoms with van der Waals surface area (Å²) < 4.78 is 13.9. The van der Waals surface area contributed by atoms with Crippen LogP contribution < -0.4 is 5.32 Å². The molecule has 0 saturated carbocycles. The van der Waals surface area contributed by atoms with Crippen LogP contribution in [0.4, 0.5) is 10.1 Å². The number of anilines is 1. The van der Waals surface area contributed by atoms with Crippen molar-refractivity contribution in [3.05, 3.63) is 29.1 Å². The molecule has 1 aromatic rings. The summed E-state index contributed by atoms with van der Waals surface area (Å²) in [4.78, 5) is 10.9. The van der Waals surface area contributed by atoms with Gasteiger partial charge in [0.05, 0.1) is 11.3 Å². The van der Waals surface area contributed by atoms with Crippen molar-refractivity contribution in [2.24, 2.45) is 0 Å². The van der Waals surface area contributed by atoms with E-state index in [1.54, 1.807) is 6.92 Å². The zero-order valence-electron chi connectivity index (χ0n) is 10.2. The lowest BCUT2D eigenvalue weighted by Gasteiger charge is -2.11. The molecule has 0 fully saturated rings. The number of carboxylic acids is 1. The van der Waals surface area contributed by atoms with Crippen LogP contribution in [0.2, 0.25) is 0 Å². The van der Waals surface area contributed by atoms with Crippen molar-refractivity contribution in [3.63, 3.8) is 0 Å². The third kappa shape index (κ3) is 3.44. The Morgan fingerprint density at radius 2 is 2.12 bits per heavy atom. The van der Waals surface area contributed by atoms with Crippen molar-refractivity contribution in [3.8, 4) is 0 Å². The van der Waals surface area contributed by atoms with E-state index < -0.39 is 5.97 Å². The predicted molar refractivity (Wildman–Crippen MR) is 66.1 cm³/mol. The monoisotopic (exact) mass is 239 g/mol. The van der Waals surface area contributed by atoms with E-state index in [0.717, 1.165) is 12.8 Å². The van der Waals surface area contributed by atoms with Crippen molar-refractivity contribution < 1.29 is 14.3 Å². The van der Waals surface area contributed by atoms with Gasteiger partial charge in [-0.1, -0.05) is 20.3 Å². The number of hydrogen-bond donors (Lipinski definition) is 2. The molecule has 0 atom stereocenters. The highest BCUT2D eigenvalue weighted by Gasteiger charge is 2.12. The minimum absolute atomic E-state index is 0.127. The lowest BCUT2D eigenvalue weighted by atomic mass is 10.1. The maximum absolute atomic E-state index is 13.9. The number of nitrogens with one attached hydrogen (secondary N) is 1. The fourth-order valence-electron chi connectivity index (χ4n) is 1.59. The average molecular weight is 239 g/mol. The standard InChI is InChI=1S/C13H18FNO2/c1-3-5-6-15-11-8-10(13(16)17)7-9(4-2)12(11)14/h7-8,15H,3-6H2,1-2H3,(H,16,17). The molecule has 2 N–H and O–H groups in total. The summed E-state index contributed by atoms with van der Waals surface area (Å²) in [6, 6.07) is 2.75. The fourth-order valence-corrected chi connectivity index (χ4v) is 1.59. The van der Waals surface area contributed by atoms with Crippen LogP contribution >= 0.6 is 0 Å². The maximum Gasteiger partial charge on any atom is 0.335 e. The first-order chi connectivity index (χ1) is 8.10. The van der Waals surface area contributed by atoms with Crippen molar-refractivity contribution in [2.45, 2.75) is 33.1 Å². The quantitative estimate of drug-likeness (QED) is 0.749. The van der Waals surface area contributed by atoms with Gasteiger partial charge >= 0.3 is 5.97 Å². The van der Waals surface area contributed by atoms with Crippen LogP contribution in [0.25, 0.3) is 0 Å². The average Bonchev–Trinajstić information content (AvgIpc) is 2.31. The van der Waals surface area contributed by atoms with Gasteiger partial charge in [0.1, 0.15) is 5.82 Å². The van der Waals surface area contributed by atoms with Gasteiger partial charge in [-0.3, -0.25) is 0 Å². The Bertz CT molecular complexity index is 405. The van der Waals surface area contributed by atoms with Crippen LogP contribution in [0.5, 0.6) is 0 Å². The first-order valence-electron chi connectivity index (χ1n) is 5.89. The molecule has 4 heteroatoms. The van der Waals surface area contributed by atoms with Crippen LogP contribution in [-0.2, 0) is 6.42 Å². The molecule has 0 bridgehead atoms. The van der Waals surface area contributed by atoms with Gasteiger partial charge in [0.15, 0.2) is 0 Å². The first-order valence-corrected chi connectivity index (χ1v) is 5.89. The number of aryl methyl sites for hydroxylation is 1. The van der Waals surface area contributed by atoms with E-state index in [4.69, 9.17) is 5.11 Å². The van der Waals surface area contributed by atoms with Gasteiger partial charge in [-0.05, 0) is 30.5 Å². The molecular formula is C13H18FNO2. The van der Waals surface area contributed by atoms with Crippen molar-refractivity contribution in [1.82, 2.24) is 0 Å². The number of rotatable bonds is 6. The number of aromatic carboxylic acids is 1. The minimum Gasteiger partial charge on any atom is -0.478 e. The number of unbranched alkanes of at least 4 members (excludes halogenated alkanes) is 1. The van der Waals surface area contributed by atoms with E-state index in [1.807, 2.05) is 6.92 Å². The summed E-state index contributed by atoms with van der Waals surface area (Å²) in [5.41, 5.74) is 0.848. The third-order valence-electron chi connectivity index (χ3n) is 2.62. The third-order valence-corrected chi connectivity index (χ3v) is 2.62. The number of carboxylic acid groups (broad SMARTS) is 1. The van der Waals surface area contributed by atoms with Gasteiger partial charge in [-0.2, -0.15) is 0 Å². The van der Waals surface area contributed by atoms with Gasteiger partial charge < -0.3 is 10.4 Å². The molecule has 0 aromatic heterocycles. The van der Waals surface area contributed by atoms with Crippen molar-refractivity contribution in [2.75, 3.05) is 11.9 Å². The minimum atomic E-state index is -1.03. The first kappa shape index (κ1) is 13.5. The molecule has 3 nitrogen and oxygen atoms in total. The highest BCUT2D eigenvalue weighted by atomic mass is 19.1. The molecule has 0 radical (unpaired) electrons. The molecule has 0 aliphatic heterocycles. The second kappa shape index (κ2) is 6.23. The Labute approximate surface area is 101 Å². The Hall–Kier alpha value is -1.58. The Balaban J connectivity index is 3.00. The van der Waals surface area contributed by atoms with E-state index in [2.05, 4.69) is 5.32 Å². The topological polar surface area (TPSA) is 49.3 Å². The fraction of sp³-hybridized carbons (Fsp3) is 0.462. The maximum atomic E-state index is 13.9. The molecule has 17 heavy (non-hydrogen) atoms. The molecule has 94 valence electrons. The summed E-state index contributed by atoms with van der Waals surface area (Å²) in [7, 11) is 0. The second-order valence-electron chi connectivity index (χ2n) is 3.94. The summed E-state index contributed by atoms with van der Waals surface area (Å²) in [6.07, 6.45) is 2.42. The number of hydrogen-bond acceptors (Lipinski definition) is 2. The van der Waals surface area contributed by atoms with E-state index in [0.29, 0.717) is 18.5 Å². The largest absolute Gasteiger partial charge is 0.478 e. The summed E-state index contributed by atoms with van der Waals surface area (Å²) in [5.74, 6) is -1.37. The Morgan fingerprint density at radius 3 is 2.65 bits per heavy atom. The molecule has 0 amide bonds. The van der Waals surface area contributed by atoms with Gasteiger partial charge in [-0.15, -0.1) is 0 Å². The van der Waals surface area contributed by atoms with Crippen molar-refractivity contribution >= 4 is 11.7 Å². The highest BCUT2D eigenvalue weighted by molar-refractivity contribution is 5.89. The summed E-state index contributed by atoms with van der Waals surface area (Å²) >= 11 is 0. The zero-order valence-corrected chi connectivity index (χ0v) is 10.2. The van der Waals surface area contributed by atoms with Crippen LogP contribution in [0.15, 0.2) is 12.1 Å². The predicted octanol–water partition coefficient (Wildman–Crippen LogP) is 3.30. The van der Waals surface area contributed by atoms with E-state index in [9.17, 15) is 9.18 Å². The molecule has 1 aromatic carbocycles. The molecule has 0 unspecified atom stereocenters. The van der Waals surface area contributed by atoms with Gasteiger partial charge in [0, 0.05) is 6.54 Å². The van der Waals surface area contributed by atoms with Gasteiger partial charge in [-0.25, -0.2) is 9.18 Å².